The van der Waals surface area contributed by atoms with Crippen molar-refractivity contribution in [2.75, 3.05) is 13.6 Å². The summed E-state index contributed by atoms with van der Waals surface area (Å²) < 4.78 is 0. The molecule has 0 aromatic heterocycles. The van der Waals surface area contributed by atoms with E-state index in [0.29, 0.717) is 0 Å². The van der Waals surface area contributed by atoms with Crippen molar-refractivity contribution in [3.05, 3.63) is 65.2 Å². The smallest absolute Gasteiger partial charge is 0.109 e. The Morgan fingerprint density at radius 3 is 2.37 bits per heavy atom. The Morgan fingerprint density at radius 2 is 1.74 bits per heavy atom. The number of nitrogens with zero attached hydrogens (tertiary/aromatic N) is 2. The van der Waals surface area contributed by atoms with Crippen molar-refractivity contribution < 1.29 is 0 Å². The molecule has 0 amide bonds. The molecule has 0 aliphatic carbocycles. The Morgan fingerprint density at radius 1 is 1.05 bits per heavy atom. The summed E-state index contributed by atoms with van der Waals surface area (Å²) in [5.74, 6) is 0. The molecule has 0 spiro atoms. The maximum Gasteiger partial charge on any atom is 0.109 e. The van der Waals surface area contributed by atoms with Crippen LogP contribution in [0.5, 0.6) is 0 Å². The lowest BCUT2D eigenvalue weighted by Gasteiger charge is -2.11. The predicted molar refractivity (Wildman–Crippen MR) is 79.1 cm³/mol. The van der Waals surface area contributed by atoms with Crippen molar-refractivity contribution in [2.45, 2.75) is 6.04 Å². The molecule has 0 saturated carbocycles. The van der Waals surface area contributed by atoms with E-state index in [9.17, 15) is 0 Å². The number of likely N-dealkylation sites (N-methyl/N-ethyl adjacent to an activating group) is 1. The Balaban J connectivity index is 2.16. The number of halogens is 1. The van der Waals surface area contributed by atoms with Crippen LogP contribution < -0.4 is 5.32 Å². The second-order valence-electron chi connectivity index (χ2n) is 4.18. The van der Waals surface area contributed by atoms with E-state index >= 15 is 0 Å². The standard InChI is InChI=1S/C15H16ClN3/c1-17-11-15(12-7-9-13(16)10-8-12)19-18-14-5-3-2-4-6-14/h2-10,15,17H,11H2,1H3. The van der Waals surface area contributed by atoms with Crippen molar-refractivity contribution in [1.82, 2.24) is 5.32 Å². The number of rotatable bonds is 5. The summed E-state index contributed by atoms with van der Waals surface area (Å²) in [7, 11) is 1.90. The van der Waals surface area contributed by atoms with Crippen molar-refractivity contribution in [2.24, 2.45) is 10.2 Å². The third-order valence-electron chi connectivity index (χ3n) is 2.72. The Bertz CT molecular complexity index is 523. The molecule has 19 heavy (non-hydrogen) atoms. The van der Waals surface area contributed by atoms with E-state index in [1.165, 1.54) is 0 Å². The van der Waals surface area contributed by atoms with Gasteiger partial charge in [-0.25, -0.2) is 0 Å². The topological polar surface area (TPSA) is 36.8 Å². The minimum Gasteiger partial charge on any atom is -0.317 e. The molecule has 0 radical (unpaired) electrons. The first-order valence-corrected chi connectivity index (χ1v) is 6.53. The first-order chi connectivity index (χ1) is 9.29. The van der Waals surface area contributed by atoms with Crippen LogP contribution in [-0.4, -0.2) is 13.6 Å². The van der Waals surface area contributed by atoms with Crippen LogP contribution in [0.4, 0.5) is 5.69 Å². The zero-order chi connectivity index (χ0) is 13.5. The molecule has 1 N–H and O–H groups in total. The van der Waals surface area contributed by atoms with Crippen LogP contribution in [0.25, 0.3) is 0 Å². The molecule has 1 unspecified atom stereocenters. The van der Waals surface area contributed by atoms with Crippen molar-refractivity contribution in [3.8, 4) is 0 Å². The van der Waals surface area contributed by atoms with E-state index in [1.54, 1.807) is 0 Å². The third kappa shape index (κ3) is 4.16. The van der Waals surface area contributed by atoms with Gasteiger partial charge in [-0.1, -0.05) is 41.9 Å². The summed E-state index contributed by atoms with van der Waals surface area (Å²) in [5, 5.41) is 12.5. The summed E-state index contributed by atoms with van der Waals surface area (Å²) in [6, 6.07) is 17.4. The van der Waals surface area contributed by atoms with Gasteiger partial charge in [0.15, 0.2) is 0 Å². The highest BCUT2D eigenvalue weighted by Crippen LogP contribution is 2.22. The summed E-state index contributed by atoms with van der Waals surface area (Å²) >= 11 is 5.90. The molecular formula is C15H16ClN3. The Kier molecular flexibility index (Phi) is 5.07. The van der Waals surface area contributed by atoms with Crippen LogP contribution in [0.3, 0.4) is 0 Å². The third-order valence-corrected chi connectivity index (χ3v) is 2.97. The number of benzene rings is 2. The van der Waals surface area contributed by atoms with E-state index in [0.717, 1.165) is 22.8 Å². The Labute approximate surface area is 118 Å². The van der Waals surface area contributed by atoms with E-state index < -0.39 is 0 Å². The number of hydrogen-bond acceptors (Lipinski definition) is 3. The fraction of sp³-hybridized carbons (Fsp3) is 0.200. The van der Waals surface area contributed by atoms with Crippen LogP contribution in [-0.2, 0) is 0 Å². The average molecular weight is 274 g/mol. The van der Waals surface area contributed by atoms with Crippen molar-refractivity contribution in [1.29, 1.82) is 0 Å². The first-order valence-electron chi connectivity index (χ1n) is 6.15. The van der Waals surface area contributed by atoms with Crippen LogP contribution in [0.1, 0.15) is 11.6 Å². The lowest BCUT2D eigenvalue weighted by Crippen LogP contribution is -2.15. The molecule has 2 aromatic carbocycles. The fourth-order valence-electron chi connectivity index (χ4n) is 1.73. The van der Waals surface area contributed by atoms with Gasteiger partial charge in [0, 0.05) is 11.6 Å². The zero-order valence-electron chi connectivity index (χ0n) is 10.8. The minimum absolute atomic E-state index is 0.0116. The van der Waals surface area contributed by atoms with E-state index in [4.69, 9.17) is 11.6 Å². The quantitative estimate of drug-likeness (QED) is 0.806. The monoisotopic (exact) mass is 273 g/mol. The largest absolute Gasteiger partial charge is 0.317 e. The molecule has 0 heterocycles. The van der Waals surface area contributed by atoms with Crippen LogP contribution >= 0.6 is 11.6 Å². The lowest BCUT2D eigenvalue weighted by molar-refractivity contribution is 0.629. The van der Waals surface area contributed by atoms with Gasteiger partial charge in [-0.3, -0.25) is 0 Å². The highest BCUT2D eigenvalue weighted by Gasteiger charge is 2.09. The van der Waals surface area contributed by atoms with Gasteiger partial charge in [0.05, 0.1) is 5.69 Å². The zero-order valence-corrected chi connectivity index (χ0v) is 11.5. The first kappa shape index (κ1) is 13.7. The molecule has 0 aliphatic rings. The predicted octanol–water partition coefficient (Wildman–Crippen LogP) is 4.38. The second-order valence-corrected chi connectivity index (χ2v) is 4.61. The molecular weight excluding hydrogens is 258 g/mol. The average Bonchev–Trinajstić information content (AvgIpc) is 2.46. The highest BCUT2D eigenvalue weighted by molar-refractivity contribution is 6.30. The molecule has 4 heteroatoms. The van der Waals surface area contributed by atoms with Gasteiger partial charge >= 0.3 is 0 Å². The Hall–Kier alpha value is -1.71. The second kappa shape index (κ2) is 7.02. The van der Waals surface area contributed by atoms with Crippen molar-refractivity contribution in [3.63, 3.8) is 0 Å². The molecule has 2 rings (SSSR count). The maximum atomic E-state index is 5.90. The molecule has 0 saturated heterocycles. The van der Waals surface area contributed by atoms with Gasteiger partial charge < -0.3 is 5.32 Å². The van der Waals surface area contributed by atoms with E-state index in [1.807, 2.05) is 61.6 Å². The van der Waals surface area contributed by atoms with Gasteiger partial charge in [-0.05, 0) is 36.9 Å². The maximum absolute atomic E-state index is 5.90. The molecule has 2 aromatic rings. The fourth-order valence-corrected chi connectivity index (χ4v) is 1.86. The molecule has 98 valence electrons. The summed E-state index contributed by atoms with van der Waals surface area (Å²) in [5.41, 5.74) is 1.95. The van der Waals surface area contributed by atoms with Gasteiger partial charge in [-0.2, -0.15) is 10.2 Å². The van der Waals surface area contributed by atoms with Crippen LogP contribution in [0, 0.1) is 0 Å². The van der Waals surface area contributed by atoms with E-state index in [-0.39, 0.29) is 6.04 Å². The normalized spacial score (nSPS) is 12.7. The van der Waals surface area contributed by atoms with Gasteiger partial charge in [0.25, 0.3) is 0 Å². The van der Waals surface area contributed by atoms with Gasteiger partial charge in [0.2, 0.25) is 0 Å². The molecule has 3 nitrogen and oxygen atoms in total. The molecule has 0 aliphatic heterocycles. The molecule has 0 bridgehead atoms. The molecule has 0 fully saturated rings. The molecule has 1 atom stereocenters. The number of azo groups is 1. The van der Waals surface area contributed by atoms with Gasteiger partial charge in [0.1, 0.15) is 6.04 Å². The minimum atomic E-state index is -0.0116. The number of nitrogens with one attached hydrogen (secondary N) is 1. The summed E-state index contributed by atoms with van der Waals surface area (Å²) in [4.78, 5) is 0. The van der Waals surface area contributed by atoms with Crippen molar-refractivity contribution >= 4 is 17.3 Å². The lowest BCUT2D eigenvalue weighted by atomic mass is 10.1. The van der Waals surface area contributed by atoms with Crippen LogP contribution in [0.2, 0.25) is 5.02 Å². The summed E-state index contributed by atoms with van der Waals surface area (Å²) in [6.45, 7) is 0.734. The van der Waals surface area contributed by atoms with E-state index in [2.05, 4.69) is 15.5 Å². The highest BCUT2D eigenvalue weighted by atomic mass is 35.5. The number of hydrogen-bond donors (Lipinski definition) is 1. The van der Waals surface area contributed by atoms with Crippen LogP contribution in [0.15, 0.2) is 64.8 Å². The van der Waals surface area contributed by atoms with Gasteiger partial charge in [-0.15, -0.1) is 0 Å². The summed E-state index contributed by atoms with van der Waals surface area (Å²) in [6.07, 6.45) is 0. The SMILES string of the molecule is CNCC(N=Nc1ccccc1)c1ccc(Cl)cc1.